The summed E-state index contributed by atoms with van der Waals surface area (Å²) in [5.74, 6) is -0.139. The fourth-order valence-electron chi connectivity index (χ4n) is 4.58. The van der Waals surface area contributed by atoms with Crippen LogP contribution < -0.4 is 20.3 Å². The van der Waals surface area contributed by atoms with E-state index in [2.05, 4.69) is 20.3 Å². The standard InChI is InChI=1S/C32H39N5O5S2/c1-32(2,3)42-31(39)33-19-8-6-7-18-29(38)35-30-34-26(21-43-30)22-12-9-13-23(20-22)36-44(40,41)28-17-11-14-24-25(28)15-10-16-27(24)37(4)5/h9-17,20-21,36H,6-8,18-19H2,1-5H3,(H,33,39)(H,34,35,38). The molecule has 0 aliphatic heterocycles. The van der Waals surface area contributed by atoms with Crippen LogP contribution >= 0.6 is 11.3 Å². The summed E-state index contributed by atoms with van der Waals surface area (Å²) in [5.41, 5.74) is 2.14. The van der Waals surface area contributed by atoms with Gasteiger partial charge in [-0.05, 0) is 57.9 Å². The minimum atomic E-state index is -3.89. The van der Waals surface area contributed by atoms with E-state index in [1.807, 2.05) is 75.5 Å². The van der Waals surface area contributed by atoms with Gasteiger partial charge in [0.1, 0.15) is 5.60 Å². The zero-order valence-corrected chi connectivity index (χ0v) is 27.3. The molecule has 0 saturated carbocycles. The average molecular weight is 638 g/mol. The summed E-state index contributed by atoms with van der Waals surface area (Å²) < 4.78 is 34.9. The molecule has 3 N–H and O–H groups in total. The molecule has 1 aromatic heterocycles. The maximum Gasteiger partial charge on any atom is 0.407 e. The molecule has 12 heteroatoms. The lowest BCUT2D eigenvalue weighted by molar-refractivity contribution is -0.116. The Morgan fingerprint density at radius 1 is 0.955 bits per heavy atom. The van der Waals surface area contributed by atoms with E-state index in [9.17, 15) is 18.0 Å². The van der Waals surface area contributed by atoms with Crippen molar-refractivity contribution in [3.8, 4) is 11.3 Å². The second kappa shape index (κ2) is 14.1. The Morgan fingerprint density at radius 2 is 1.68 bits per heavy atom. The molecule has 0 radical (unpaired) electrons. The first-order valence-corrected chi connectivity index (χ1v) is 16.7. The number of hydrogen-bond acceptors (Lipinski definition) is 8. The van der Waals surface area contributed by atoms with Gasteiger partial charge in [0.2, 0.25) is 5.91 Å². The Labute approximate surface area is 262 Å². The molecule has 2 amide bonds. The number of carbonyl (C=O) groups is 2. The third-order valence-corrected chi connectivity index (χ3v) is 8.74. The summed E-state index contributed by atoms with van der Waals surface area (Å²) in [7, 11) is -0.0435. The summed E-state index contributed by atoms with van der Waals surface area (Å²) in [4.78, 5) is 30.8. The maximum atomic E-state index is 13.5. The summed E-state index contributed by atoms with van der Waals surface area (Å²) in [5, 5.41) is 9.32. The first kappa shape index (κ1) is 32.7. The average Bonchev–Trinajstić information content (AvgIpc) is 3.41. The monoisotopic (exact) mass is 637 g/mol. The minimum absolute atomic E-state index is 0.139. The Balaban J connectivity index is 1.33. The molecule has 4 rings (SSSR count). The predicted octanol–water partition coefficient (Wildman–Crippen LogP) is 6.85. The predicted molar refractivity (Wildman–Crippen MR) is 178 cm³/mol. The van der Waals surface area contributed by atoms with Crippen molar-refractivity contribution < 1.29 is 22.7 Å². The van der Waals surface area contributed by atoms with Crippen LogP contribution in [0.25, 0.3) is 22.0 Å². The molecule has 0 spiro atoms. The molecule has 1 heterocycles. The molecule has 44 heavy (non-hydrogen) atoms. The number of alkyl carbamates (subject to hydrolysis) is 1. The molecule has 0 bridgehead atoms. The highest BCUT2D eigenvalue weighted by Gasteiger charge is 2.20. The number of ether oxygens (including phenoxy) is 1. The Hall–Kier alpha value is -4.16. The molecule has 0 fully saturated rings. The Bertz CT molecular complexity index is 1730. The molecular formula is C32H39N5O5S2. The summed E-state index contributed by atoms with van der Waals surface area (Å²) in [6, 6.07) is 17.9. The van der Waals surface area contributed by atoms with E-state index in [0.29, 0.717) is 46.8 Å². The lowest BCUT2D eigenvalue weighted by Crippen LogP contribution is -2.33. The fourth-order valence-corrected chi connectivity index (χ4v) is 6.59. The molecule has 234 valence electrons. The third-order valence-electron chi connectivity index (χ3n) is 6.54. The van der Waals surface area contributed by atoms with Gasteiger partial charge < -0.3 is 20.3 Å². The van der Waals surface area contributed by atoms with Crippen molar-refractivity contribution in [2.24, 2.45) is 0 Å². The van der Waals surface area contributed by atoms with Crippen molar-refractivity contribution in [2.45, 2.75) is 57.0 Å². The van der Waals surface area contributed by atoms with Gasteiger partial charge >= 0.3 is 6.09 Å². The van der Waals surface area contributed by atoms with Gasteiger partial charge in [0, 0.05) is 60.2 Å². The second-order valence-corrected chi connectivity index (χ2v) is 14.0. The molecule has 0 aliphatic rings. The Morgan fingerprint density at radius 3 is 2.43 bits per heavy atom. The van der Waals surface area contributed by atoms with Crippen molar-refractivity contribution >= 4 is 60.6 Å². The number of benzene rings is 3. The lowest BCUT2D eigenvalue weighted by Gasteiger charge is -2.19. The molecule has 0 saturated heterocycles. The van der Waals surface area contributed by atoms with Gasteiger partial charge in [0.15, 0.2) is 5.13 Å². The van der Waals surface area contributed by atoms with Gasteiger partial charge in [-0.2, -0.15) is 0 Å². The number of unbranched alkanes of at least 4 members (excludes halogenated alkanes) is 2. The number of fused-ring (bicyclic) bond motifs is 1. The Kier molecular flexibility index (Phi) is 10.5. The van der Waals surface area contributed by atoms with Crippen LogP contribution in [0.2, 0.25) is 0 Å². The number of hydrogen-bond donors (Lipinski definition) is 3. The third kappa shape index (κ3) is 8.93. The normalized spacial score (nSPS) is 11.7. The van der Waals surface area contributed by atoms with Crippen molar-refractivity contribution in [1.29, 1.82) is 0 Å². The van der Waals surface area contributed by atoms with E-state index in [1.165, 1.54) is 11.3 Å². The van der Waals surface area contributed by atoms with Crippen LogP contribution in [0.15, 0.2) is 70.9 Å². The first-order valence-electron chi connectivity index (χ1n) is 14.4. The van der Waals surface area contributed by atoms with Gasteiger partial charge in [-0.25, -0.2) is 18.2 Å². The first-order chi connectivity index (χ1) is 20.8. The number of anilines is 3. The van der Waals surface area contributed by atoms with Gasteiger partial charge in [-0.3, -0.25) is 9.52 Å². The summed E-state index contributed by atoms with van der Waals surface area (Å²) >= 11 is 1.30. The summed E-state index contributed by atoms with van der Waals surface area (Å²) in [6.07, 6.45) is 2.09. The number of thiazole rings is 1. The molecule has 4 aromatic rings. The zero-order chi connectivity index (χ0) is 31.9. The number of nitrogens with zero attached hydrogens (tertiary/aromatic N) is 2. The van der Waals surface area contributed by atoms with Gasteiger partial charge in [-0.15, -0.1) is 11.3 Å². The molecule has 0 aliphatic carbocycles. The maximum absolute atomic E-state index is 13.5. The van der Waals surface area contributed by atoms with Gasteiger partial charge in [0.05, 0.1) is 10.6 Å². The molecule has 10 nitrogen and oxygen atoms in total. The van der Waals surface area contributed by atoms with E-state index >= 15 is 0 Å². The quantitative estimate of drug-likeness (QED) is 0.145. The number of sulfonamides is 1. The van der Waals surface area contributed by atoms with E-state index in [1.54, 1.807) is 30.3 Å². The van der Waals surface area contributed by atoms with Gasteiger partial charge in [0.25, 0.3) is 10.0 Å². The van der Waals surface area contributed by atoms with E-state index in [-0.39, 0.29) is 10.8 Å². The highest BCUT2D eigenvalue weighted by atomic mass is 32.2. The second-order valence-electron chi connectivity index (χ2n) is 11.5. The van der Waals surface area contributed by atoms with Crippen LogP contribution in [0.3, 0.4) is 0 Å². The fraction of sp³-hybridized carbons (Fsp3) is 0.344. The van der Waals surface area contributed by atoms with E-state index < -0.39 is 21.7 Å². The number of carbonyl (C=O) groups excluding carboxylic acids is 2. The number of aromatic nitrogens is 1. The van der Waals surface area contributed by atoms with Gasteiger partial charge in [-0.1, -0.05) is 42.8 Å². The summed E-state index contributed by atoms with van der Waals surface area (Å²) in [6.45, 7) is 5.92. The van der Waals surface area contributed by atoms with Crippen LogP contribution in [-0.2, 0) is 19.6 Å². The number of rotatable bonds is 12. The highest BCUT2D eigenvalue weighted by Crippen LogP contribution is 2.32. The van der Waals surface area contributed by atoms with E-state index in [0.717, 1.165) is 23.9 Å². The van der Waals surface area contributed by atoms with Crippen LogP contribution in [0, 0.1) is 0 Å². The van der Waals surface area contributed by atoms with Crippen molar-refractivity contribution in [3.05, 3.63) is 66.0 Å². The molecule has 0 atom stereocenters. The zero-order valence-electron chi connectivity index (χ0n) is 25.6. The van der Waals surface area contributed by atoms with Crippen LogP contribution in [0.4, 0.5) is 21.3 Å². The topological polar surface area (TPSA) is 130 Å². The van der Waals surface area contributed by atoms with Crippen molar-refractivity contribution in [1.82, 2.24) is 10.3 Å². The number of nitrogens with one attached hydrogen (secondary N) is 3. The van der Waals surface area contributed by atoms with Crippen LogP contribution in [-0.4, -0.2) is 51.6 Å². The number of amides is 2. The van der Waals surface area contributed by atoms with Crippen LogP contribution in [0.1, 0.15) is 46.5 Å². The molecule has 3 aromatic carbocycles. The lowest BCUT2D eigenvalue weighted by atomic mass is 10.1. The smallest absolute Gasteiger partial charge is 0.407 e. The van der Waals surface area contributed by atoms with E-state index in [4.69, 9.17) is 4.74 Å². The van der Waals surface area contributed by atoms with Crippen molar-refractivity contribution in [2.75, 3.05) is 35.6 Å². The highest BCUT2D eigenvalue weighted by molar-refractivity contribution is 7.93. The minimum Gasteiger partial charge on any atom is -0.444 e. The molecule has 0 unspecified atom stereocenters. The largest absolute Gasteiger partial charge is 0.444 e. The van der Waals surface area contributed by atoms with Crippen LogP contribution in [0.5, 0.6) is 0 Å². The van der Waals surface area contributed by atoms with Crippen molar-refractivity contribution in [3.63, 3.8) is 0 Å². The SMILES string of the molecule is CN(C)c1cccc2c(S(=O)(=O)Nc3cccc(-c4csc(NC(=O)CCCCCNC(=O)OC(C)(C)C)n4)c3)cccc12. The molecular weight excluding hydrogens is 599 g/mol.